The maximum absolute atomic E-state index is 13.3. The highest BCUT2D eigenvalue weighted by molar-refractivity contribution is 8.02. The van der Waals surface area contributed by atoms with Gasteiger partial charge in [0.2, 0.25) is 5.95 Å². The fourth-order valence-corrected chi connectivity index (χ4v) is 7.41. The van der Waals surface area contributed by atoms with Crippen LogP contribution in [0.15, 0.2) is 66.1 Å². The summed E-state index contributed by atoms with van der Waals surface area (Å²) >= 11 is 0. The number of carbonyl (C=O) groups excluding carboxylic acids is 1. The number of thiol groups is 1. The van der Waals surface area contributed by atoms with Gasteiger partial charge < -0.3 is 10.0 Å². The SMILES string of the molecule is C=CCn1c(=O)c2cnc(Nc3ccc(C4CC45C(=O)C4CCN5CC4)cc3)nc2n1-c1cccc(N[SH](C)(C)=O)n1. The number of nitrogens with one attached hydrogen (secondary N) is 2. The van der Waals surface area contributed by atoms with Crippen molar-refractivity contribution in [2.75, 3.05) is 35.6 Å². The fourth-order valence-electron chi connectivity index (χ4n) is 6.73. The van der Waals surface area contributed by atoms with E-state index in [1.165, 1.54) is 16.4 Å². The average molecular weight is 587 g/mol. The summed E-state index contributed by atoms with van der Waals surface area (Å²) in [6, 6.07) is 13.4. The molecule has 2 atom stereocenters. The number of rotatable bonds is 8. The summed E-state index contributed by atoms with van der Waals surface area (Å²) in [4.78, 5) is 42.6. The Morgan fingerprint density at radius 1 is 1.10 bits per heavy atom. The summed E-state index contributed by atoms with van der Waals surface area (Å²) < 4.78 is 18.4. The number of fused-ring (bicyclic) bond motifs is 3. The molecule has 3 aliphatic heterocycles. The second-order valence-corrected chi connectivity index (χ2v) is 14.7. The molecule has 1 aromatic carbocycles. The highest BCUT2D eigenvalue weighted by Gasteiger charge is 2.67. The van der Waals surface area contributed by atoms with Gasteiger partial charge in [0.1, 0.15) is 11.2 Å². The van der Waals surface area contributed by atoms with Crippen LogP contribution < -0.4 is 15.6 Å². The number of hydrogen-bond acceptors (Lipinski definition) is 8. The summed E-state index contributed by atoms with van der Waals surface area (Å²) in [7, 11) is -2.60. The minimum absolute atomic E-state index is 0.237. The lowest BCUT2D eigenvalue weighted by Crippen LogP contribution is -2.58. The molecule has 218 valence electrons. The number of aromatic nitrogens is 5. The van der Waals surface area contributed by atoms with Crippen molar-refractivity contribution in [1.82, 2.24) is 29.2 Å². The molecule has 1 spiro atoms. The van der Waals surface area contributed by atoms with Gasteiger partial charge in [-0.25, -0.2) is 19.3 Å². The largest absolute Gasteiger partial charge is 0.324 e. The zero-order valence-corrected chi connectivity index (χ0v) is 24.6. The van der Waals surface area contributed by atoms with Gasteiger partial charge in [-0.3, -0.25) is 18.7 Å². The standard InChI is InChI=1S/C30H34N8O3S/c1-4-14-37-28(40)22-18-31-29(34-27(22)38(37)25-7-5-6-24(33-25)35-42(2,3)41)32-21-10-8-19(9-11-21)23-17-30(23)26(39)20-12-15-36(30)16-13-20/h4-11,18,20,23,42H,1,12-17H2,2-3H3,(H,31,32,34)(H,33,35,41). The van der Waals surface area contributed by atoms with Crippen molar-refractivity contribution in [2.45, 2.75) is 37.3 Å². The van der Waals surface area contributed by atoms with Gasteiger partial charge in [0.05, 0.1) is 12.1 Å². The quantitative estimate of drug-likeness (QED) is 0.213. The van der Waals surface area contributed by atoms with Gasteiger partial charge in [-0.2, -0.15) is 4.98 Å². The summed E-state index contributed by atoms with van der Waals surface area (Å²) in [5.74, 6) is 2.13. The molecule has 11 nitrogen and oxygen atoms in total. The highest BCUT2D eigenvalue weighted by Crippen LogP contribution is 2.61. The lowest BCUT2D eigenvalue weighted by molar-refractivity contribution is -0.139. The molecule has 2 unspecified atom stereocenters. The minimum atomic E-state index is -2.60. The van der Waals surface area contributed by atoms with Crippen molar-refractivity contribution in [2.24, 2.45) is 5.92 Å². The van der Waals surface area contributed by atoms with Crippen molar-refractivity contribution in [3.63, 3.8) is 0 Å². The van der Waals surface area contributed by atoms with E-state index in [1.54, 1.807) is 41.5 Å². The Morgan fingerprint density at radius 2 is 1.86 bits per heavy atom. The molecule has 4 aliphatic rings. The van der Waals surface area contributed by atoms with E-state index >= 15 is 0 Å². The Kier molecular flexibility index (Phi) is 6.17. The van der Waals surface area contributed by atoms with Gasteiger partial charge in [-0.05, 0) is 72.3 Å². The second-order valence-electron chi connectivity index (χ2n) is 11.8. The zero-order chi connectivity index (χ0) is 29.2. The fraction of sp³-hybridized carbons (Fsp3) is 0.367. The Balaban J connectivity index is 1.18. The first-order chi connectivity index (χ1) is 20.2. The Hall–Kier alpha value is -4.16. The first kappa shape index (κ1) is 26.7. The minimum Gasteiger partial charge on any atom is -0.324 e. The van der Waals surface area contributed by atoms with Gasteiger partial charge >= 0.3 is 0 Å². The van der Waals surface area contributed by atoms with Crippen LogP contribution in [0.25, 0.3) is 16.9 Å². The van der Waals surface area contributed by atoms with Crippen LogP contribution in [0.4, 0.5) is 17.5 Å². The van der Waals surface area contributed by atoms with Crippen molar-refractivity contribution < 1.29 is 9.00 Å². The number of allylic oxidation sites excluding steroid dienone is 1. The van der Waals surface area contributed by atoms with Crippen LogP contribution in [0.3, 0.4) is 0 Å². The monoisotopic (exact) mass is 586 g/mol. The van der Waals surface area contributed by atoms with E-state index < -0.39 is 10.1 Å². The smallest absolute Gasteiger partial charge is 0.278 e. The lowest BCUT2D eigenvalue weighted by Gasteiger charge is -2.45. The number of piperidine rings is 3. The van der Waals surface area contributed by atoms with Crippen molar-refractivity contribution in [3.8, 4) is 5.82 Å². The molecule has 12 heteroatoms. The number of hydrogen-bond donors (Lipinski definition) is 3. The third kappa shape index (κ3) is 4.36. The molecule has 8 rings (SSSR count). The Labute approximate surface area is 244 Å². The number of carbonyl (C=O) groups is 1. The van der Waals surface area contributed by atoms with E-state index in [4.69, 9.17) is 4.98 Å². The van der Waals surface area contributed by atoms with Crippen molar-refractivity contribution >= 4 is 44.4 Å². The maximum Gasteiger partial charge on any atom is 0.278 e. The maximum atomic E-state index is 13.3. The molecule has 1 saturated carbocycles. The summed E-state index contributed by atoms with van der Waals surface area (Å²) in [6.45, 7) is 6.09. The molecule has 3 saturated heterocycles. The molecular weight excluding hydrogens is 552 g/mol. The van der Waals surface area contributed by atoms with E-state index in [-0.39, 0.29) is 29.5 Å². The van der Waals surface area contributed by atoms with E-state index in [1.807, 2.05) is 12.1 Å². The van der Waals surface area contributed by atoms with Crippen LogP contribution in [-0.4, -0.2) is 70.3 Å². The van der Waals surface area contributed by atoms with E-state index in [0.717, 1.165) is 38.0 Å². The number of pyridine rings is 1. The molecule has 0 radical (unpaired) electrons. The molecule has 2 bridgehead atoms. The number of nitrogens with zero attached hydrogens (tertiary/aromatic N) is 6. The van der Waals surface area contributed by atoms with E-state index in [0.29, 0.717) is 34.4 Å². The third-order valence-electron chi connectivity index (χ3n) is 8.67. The van der Waals surface area contributed by atoms with Crippen LogP contribution in [0.2, 0.25) is 0 Å². The number of benzene rings is 1. The van der Waals surface area contributed by atoms with Crippen molar-refractivity contribution in [1.29, 1.82) is 0 Å². The van der Waals surface area contributed by atoms with Gasteiger partial charge in [0.25, 0.3) is 5.56 Å². The van der Waals surface area contributed by atoms with Crippen LogP contribution in [0, 0.1) is 5.92 Å². The summed E-state index contributed by atoms with van der Waals surface area (Å²) in [6.07, 6.45) is 9.30. The van der Waals surface area contributed by atoms with Crippen LogP contribution in [-0.2, 0) is 21.5 Å². The average Bonchev–Trinajstić information content (AvgIpc) is 3.64. The first-order valence-electron chi connectivity index (χ1n) is 14.2. The Bertz CT molecular complexity index is 1830. The highest BCUT2D eigenvalue weighted by atomic mass is 32.3. The van der Waals surface area contributed by atoms with E-state index in [9.17, 15) is 13.8 Å². The number of Topliss-reactive ketones (excluding diaryl/α,β-unsaturated/α-hetero) is 1. The first-order valence-corrected chi connectivity index (χ1v) is 16.8. The molecule has 1 aliphatic carbocycles. The zero-order valence-electron chi connectivity index (χ0n) is 23.7. The predicted molar refractivity (Wildman–Crippen MR) is 165 cm³/mol. The lowest BCUT2D eigenvalue weighted by atomic mass is 9.79. The second kappa shape index (κ2) is 9.70. The van der Waals surface area contributed by atoms with Gasteiger partial charge in [0.15, 0.2) is 17.2 Å². The van der Waals surface area contributed by atoms with Crippen LogP contribution >= 0.6 is 0 Å². The van der Waals surface area contributed by atoms with Crippen LogP contribution in [0.1, 0.15) is 30.7 Å². The van der Waals surface area contributed by atoms with Gasteiger partial charge in [0, 0.05) is 36.2 Å². The van der Waals surface area contributed by atoms with Crippen molar-refractivity contribution in [3.05, 3.63) is 77.2 Å². The molecule has 0 amide bonds. The molecule has 6 heterocycles. The molecule has 4 fully saturated rings. The van der Waals surface area contributed by atoms with E-state index in [2.05, 4.69) is 43.6 Å². The number of ketones is 1. The topological polar surface area (TPSA) is 127 Å². The predicted octanol–water partition coefficient (Wildman–Crippen LogP) is 3.03. The van der Waals surface area contributed by atoms with Gasteiger partial charge in [-0.15, -0.1) is 6.58 Å². The molecular formula is C30H34N8O3S. The Morgan fingerprint density at radius 3 is 2.55 bits per heavy atom. The molecule has 42 heavy (non-hydrogen) atoms. The third-order valence-corrected chi connectivity index (χ3v) is 9.44. The normalized spacial score (nSPS) is 25.1. The van der Waals surface area contributed by atoms with Gasteiger partial charge in [-0.1, -0.05) is 24.3 Å². The summed E-state index contributed by atoms with van der Waals surface area (Å²) in [5.41, 5.74) is 1.82. The molecule has 2 N–H and O–H groups in total. The number of anilines is 3. The summed E-state index contributed by atoms with van der Waals surface area (Å²) in [5, 5.41) is 3.60. The van der Waals surface area contributed by atoms with Crippen LogP contribution in [0.5, 0.6) is 0 Å². The molecule has 4 aromatic rings. The molecule has 3 aromatic heterocycles.